The van der Waals surface area contributed by atoms with Crippen molar-refractivity contribution >= 4 is 11.9 Å². The summed E-state index contributed by atoms with van der Waals surface area (Å²) >= 11 is 0. The number of nitrogens with one attached hydrogen (secondary N) is 1. The Balaban J connectivity index is 3.68. The average Bonchev–Trinajstić information content (AvgIpc) is 2.20. The summed E-state index contributed by atoms with van der Waals surface area (Å²) in [4.78, 5) is 24.1. The summed E-state index contributed by atoms with van der Waals surface area (Å²) in [5.41, 5.74) is 7.97. The van der Waals surface area contributed by atoms with Crippen molar-refractivity contribution in [2.24, 2.45) is 11.0 Å². The van der Waals surface area contributed by atoms with Crippen LogP contribution in [-0.2, 0) is 9.59 Å². The van der Waals surface area contributed by atoms with E-state index in [9.17, 15) is 9.59 Å². The second kappa shape index (κ2) is 7.64. The number of aliphatic carboxylic acids is 1. The molecule has 1 amide bonds. The number of rotatable bonds is 7. The molecule has 0 aromatic carbocycles. The zero-order valence-electron chi connectivity index (χ0n) is 8.51. The number of carbonyl (C=O) groups is 2. The van der Waals surface area contributed by atoms with Gasteiger partial charge in [0.1, 0.15) is 0 Å². The minimum atomic E-state index is -0.913. The lowest BCUT2D eigenvalue weighted by molar-refractivity contribution is -0.137. The molecular formula is C8H14N4O3. The van der Waals surface area contributed by atoms with E-state index in [2.05, 4.69) is 15.3 Å². The lowest BCUT2D eigenvalue weighted by Crippen LogP contribution is -2.31. The highest BCUT2D eigenvalue weighted by Gasteiger charge is 2.13. The molecule has 0 aliphatic heterocycles. The number of carbonyl (C=O) groups excluding carboxylic acids is 1. The monoisotopic (exact) mass is 214 g/mol. The zero-order valence-corrected chi connectivity index (χ0v) is 8.51. The van der Waals surface area contributed by atoms with Gasteiger partial charge in [0.05, 0.1) is 0 Å². The second-order valence-electron chi connectivity index (χ2n) is 3.08. The van der Waals surface area contributed by atoms with Gasteiger partial charge < -0.3 is 10.4 Å². The first-order chi connectivity index (χ1) is 7.07. The molecule has 0 saturated carbocycles. The van der Waals surface area contributed by atoms with E-state index in [-0.39, 0.29) is 31.3 Å². The SMILES string of the molecule is C[C@H](CCC(=O)O)C(=O)NCCN=[N+]=[N-]. The van der Waals surface area contributed by atoms with Gasteiger partial charge in [-0.15, -0.1) is 0 Å². The van der Waals surface area contributed by atoms with Crippen molar-refractivity contribution in [3.05, 3.63) is 10.4 Å². The first-order valence-electron chi connectivity index (χ1n) is 4.58. The average molecular weight is 214 g/mol. The predicted octanol–water partition coefficient (Wildman–Crippen LogP) is 0.914. The minimum absolute atomic E-state index is 0.0229. The second-order valence-corrected chi connectivity index (χ2v) is 3.08. The van der Waals surface area contributed by atoms with Gasteiger partial charge in [-0.3, -0.25) is 9.59 Å². The highest BCUT2D eigenvalue weighted by Crippen LogP contribution is 2.04. The number of amides is 1. The van der Waals surface area contributed by atoms with Crippen molar-refractivity contribution in [1.29, 1.82) is 0 Å². The molecule has 0 saturated heterocycles. The maximum Gasteiger partial charge on any atom is 0.303 e. The first kappa shape index (κ1) is 13.2. The third-order valence-corrected chi connectivity index (χ3v) is 1.81. The molecule has 15 heavy (non-hydrogen) atoms. The zero-order chi connectivity index (χ0) is 11.7. The maximum atomic E-state index is 11.3. The van der Waals surface area contributed by atoms with Crippen molar-refractivity contribution in [3.63, 3.8) is 0 Å². The van der Waals surface area contributed by atoms with Crippen LogP contribution in [0.15, 0.2) is 5.11 Å². The van der Waals surface area contributed by atoms with Gasteiger partial charge in [-0.2, -0.15) is 0 Å². The smallest absolute Gasteiger partial charge is 0.303 e. The number of nitrogens with zero attached hydrogens (tertiary/aromatic N) is 3. The molecule has 7 nitrogen and oxygen atoms in total. The van der Waals surface area contributed by atoms with Crippen LogP contribution < -0.4 is 5.32 Å². The van der Waals surface area contributed by atoms with Gasteiger partial charge >= 0.3 is 5.97 Å². The van der Waals surface area contributed by atoms with Crippen LogP contribution in [0.3, 0.4) is 0 Å². The summed E-state index contributed by atoms with van der Waals surface area (Å²) in [6.45, 7) is 2.14. The van der Waals surface area contributed by atoms with Crippen molar-refractivity contribution in [3.8, 4) is 0 Å². The van der Waals surface area contributed by atoms with Gasteiger partial charge in [0.15, 0.2) is 0 Å². The Kier molecular flexibility index (Phi) is 6.74. The summed E-state index contributed by atoms with van der Waals surface area (Å²) in [5.74, 6) is -1.47. The fourth-order valence-electron chi connectivity index (χ4n) is 0.919. The third-order valence-electron chi connectivity index (χ3n) is 1.81. The highest BCUT2D eigenvalue weighted by molar-refractivity contribution is 5.78. The third kappa shape index (κ3) is 7.33. The molecule has 0 radical (unpaired) electrons. The molecule has 0 spiro atoms. The van der Waals surface area contributed by atoms with Gasteiger partial charge in [0, 0.05) is 30.3 Å². The molecule has 7 heteroatoms. The first-order valence-corrected chi connectivity index (χ1v) is 4.58. The molecule has 0 heterocycles. The van der Waals surface area contributed by atoms with Crippen molar-refractivity contribution in [1.82, 2.24) is 5.32 Å². The molecule has 1 atom stereocenters. The molecule has 0 fully saturated rings. The van der Waals surface area contributed by atoms with E-state index in [4.69, 9.17) is 10.6 Å². The van der Waals surface area contributed by atoms with Crippen LogP contribution in [-0.4, -0.2) is 30.1 Å². The van der Waals surface area contributed by atoms with Crippen LogP contribution in [0.1, 0.15) is 19.8 Å². The highest BCUT2D eigenvalue weighted by atomic mass is 16.4. The topological polar surface area (TPSA) is 115 Å². The summed E-state index contributed by atoms with van der Waals surface area (Å²) in [7, 11) is 0. The molecule has 0 aliphatic carbocycles. The van der Waals surface area contributed by atoms with E-state index in [1.165, 1.54) is 0 Å². The van der Waals surface area contributed by atoms with Gasteiger partial charge in [-0.05, 0) is 12.0 Å². The number of carboxylic acids is 1. The number of hydrogen-bond acceptors (Lipinski definition) is 3. The molecule has 0 aromatic heterocycles. The lowest BCUT2D eigenvalue weighted by atomic mass is 10.1. The van der Waals surface area contributed by atoms with E-state index >= 15 is 0 Å². The summed E-state index contributed by atoms with van der Waals surface area (Å²) in [5, 5.41) is 14.2. The van der Waals surface area contributed by atoms with E-state index in [0.29, 0.717) is 6.42 Å². The Morgan fingerprint density at radius 3 is 2.80 bits per heavy atom. The minimum Gasteiger partial charge on any atom is -0.481 e. The van der Waals surface area contributed by atoms with Gasteiger partial charge in [-0.25, -0.2) is 0 Å². The standard InChI is InChI=1S/C8H14N4O3/c1-6(2-3-7(13)14)8(15)10-4-5-11-12-9/h6H,2-5H2,1H3,(H,10,15)(H,13,14)/t6-/m1/s1. The lowest BCUT2D eigenvalue weighted by Gasteiger charge is -2.09. The Bertz CT molecular complexity index is 273. The predicted molar refractivity (Wildman–Crippen MR) is 53.1 cm³/mol. The maximum absolute atomic E-state index is 11.3. The fourth-order valence-corrected chi connectivity index (χ4v) is 0.919. The molecule has 0 rings (SSSR count). The van der Waals surface area contributed by atoms with E-state index in [1.54, 1.807) is 6.92 Å². The molecule has 2 N–H and O–H groups in total. The Morgan fingerprint density at radius 1 is 1.60 bits per heavy atom. The summed E-state index contributed by atoms with van der Waals surface area (Å²) in [6, 6.07) is 0. The summed E-state index contributed by atoms with van der Waals surface area (Å²) < 4.78 is 0. The van der Waals surface area contributed by atoms with Crippen molar-refractivity contribution in [2.75, 3.05) is 13.1 Å². The van der Waals surface area contributed by atoms with Crippen LogP contribution in [0.25, 0.3) is 10.4 Å². The van der Waals surface area contributed by atoms with Crippen LogP contribution >= 0.6 is 0 Å². The molecule has 0 bridgehead atoms. The Hall–Kier alpha value is -1.75. The quantitative estimate of drug-likeness (QED) is 0.284. The van der Waals surface area contributed by atoms with Gasteiger partial charge in [0.25, 0.3) is 0 Å². The normalized spacial score (nSPS) is 11.3. The molecule has 0 aromatic rings. The van der Waals surface area contributed by atoms with Crippen molar-refractivity contribution in [2.45, 2.75) is 19.8 Å². The number of carboxylic acid groups (broad SMARTS) is 1. The van der Waals surface area contributed by atoms with Crippen LogP contribution in [0.5, 0.6) is 0 Å². The van der Waals surface area contributed by atoms with Gasteiger partial charge in [-0.1, -0.05) is 12.0 Å². The molecule has 84 valence electrons. The number of azide groups is 1. The molecule has 0 unspecified atom stereocenters. The Morgan fingerprint density at radius 2 is 2.27 bits per heavy atom. The molecule has 0 aliphatic rings. The number of hydrogen-bond donors (Lipinski definition) is 2. The summed E-state index contributed by atoms with van der Waals surface area (Å²) in [6.07, 6.45) is 0.285. The van der Waals surface area contributed by atoms with Gasteiger partial charge in [0.2, 0.25) is 5.91 Å². The largest absolute Gasteiger partial charge is 0.481 e. The Labute approximate surface area is 87.1 Å². The van der Waals surface area contributed by atoms with E-state index < -0.39 is 5.97 Å². The van der Waals surface area contributed by atoms with Crippen LogP contribution in [0, 0.1) is 5.92 Å². The van der Waals surface area contributed by atoms with Crippen LogP contribution in [0.4, 0.5) is 0 Å². The fraction of sp³-hybridized carbons (Fsp3) is 0.750. The molecular weight excluding hydrogens is 200 g/mol. The van der Waals surface area contributed by atoms with Crippen molar-refractivity contribution < 1.29 is 14.7 Å². The van der Waals surface area contributed by atoms with Crippen LogP contribution in [0.2, 0.25) is 0 Å². The van der Waals surface area contributed by atoms with E-state index in [0.717, 1.165) is 0 Å². The van der Waals surface area contributed by atoms with E-state index in [1.807, 2.05) is 0 Å².